The molecule has 1 amide bonds. The normalized spacial score (nSPS) is 22.9. The molecule has 118 valence electrons. The molecule has 21 heavy (non-hydrogen) atoms. The molecule has 1 atom stereocenters. The van der Waals surface area contributed by atoms with Crippen LogP contribution in [0, 0.1) is 11.3 Å². The molecule has 1 aromatic heterocycles. The Morgan fingerprint density at radius 1 is 1.43 bits per heavy atom. The number of aromatic nitrogens is 2. The lowest BCUT2D eigenvalue weighted by Gasteiger charge is -2.22. The van der Waals surface area contributed by atoms with Crippen LogP contribution >= 0.6 is 35.5 Å². The van der Waals surface area contributed by atoms with Crippen molar-refractivity contribution in [2.75, 3.05) is 18.4 Å². The van der Waals surface area contributed by atoms with Gasteiger partial charge in [-0.1, -0.05) is 36.9 Å². The third kappa shape index (κ3) is 3.88. The van der Waals surface area contributed by atoms with Crippen LogP contribution in [0.5, 0.6) is 0 Å². The van der Waals surface area contributed by atoms with Crippen LogP contribution in [0.2, 0.25) is 0 Å². The Balaban J connectivity index is 0.00000161. The van der Waals surface area contributed by atoms with Crippen LogP contribution in [0.1, 0.15) is 33.1 Å². The number of thioether (sulfide) groups is 1. The van der Waals surface area contributed by atoms with E-state index in [9.17, 15) is 4.79 Å². The molecule has 2 fully saturated rings. The largest absolute Gasteiger partial charge is 0.317 e. The second-order valence-corrected chi connectivity index (χ2v) is 8.70. The van der Waals surface area contributed by atoms with Crippen LogP contribution in [0.15, 0.2) is 4.34 Å². The predicted octanol–water partition coefficient (Wildman–Crippen LogP) is 2.79. The van der Waals surface area contributed by atoms with Gasteiger partial charge in [-0.25, -0.2) is 0 Å². The monoisotopic (exact) mass is 348 g/mol. The molecule has 1 saturated heterocycles. The molecular formula is C13H21ClN4OS2. The molecule has 1 aliphatic carbocycles. The van der Waals surface area contributed by atoms with E-state index in [0.717, 1.165) is 36.7 Å². The van der Waals surface area contributed by atoms with Gasteiger partial charge in [-0.15, -0.1) is 22.6 Å². The fraction of sp³-hybridized carbons (Fsp3) is 0.769. The van der Waals surface area contributed by atoms with Crippen LogP contribution in [0.25, 0.3) is 0 Å². The highest BCUT2D eigenvalue weighted by molar-refractivity contribution is 8.01. The van der Waals surface area contributed by atoms with Crippen molar-refractivity contribution in [2.24, 2.45) is 11.3 Å². The number of amides is 1. The van der Waals surface area contributed by atoms with E-state index in [4.69, 9.17) is 0 Å². The standard InChI is InChI=1S/C13H20N4OS2.ClH/c1-8(2)19-12-17-16-11(20-12)15-10(18)9-7-13(9)3-5-14-6-4-13;/h8-9,14H,3-7H2,1-2H3,(H,15,16,18);1H. The Morgan fingerprint density at radius 3 is 2.81 bits per heavy atom. The third-order valence-electron chi connectivity index (χ3n) is 4.08. The van der Waals surface area contributed by atoms with Gasteiger partial charge in [0.1, 0.15) is 0 Å². The maximum atomic E-state index is 12.3. The number of hydrogen-bond acceptors (Lipinski definition) is 6. The molecular weight excluding hydrogens is 328 g/mol. The maximum Gasteiger partial charge on any atom is 0.229 e. The maximum absolute atomic E-state index is 12.3. The van der Waals surface area contributed by atoms with Crippen molar-refractivity contribution in [3.05, 3.63) is 0 Å². The van der Waals surface area contributed by atoms with Crippen molar-refractivity contribution in [1.29, 1.82) is 0 Å². The first-order chi connectivity index (χ1) is 9.59. The molecule has 2 N–H and O–H groups in total. The Labute approximate surface area is 139 Å². The van der Waals surface area contributed by atoms with E-state index in [1.54, 1.807) is 11.8 Å². The average molecular weight is 349 g/mol. The van der Waals surface area contributed by atoms with E-state index in [-0.39, 0.29) is 29.6 Å². The van der Waals surface area contributed by atoms with Gasteiger partial charge in [0.15, 0.2) is 4.34 Å². The van der Waals surface area contributed by atoms with Crippen molar-refractivity contribution in [3.63, 3.8) is 0 Å². The van der Waals surface area contributed by atoms with Crippen molar-refractivity contribution >= 4 is 46.5 Å². The molecule has 1 saturated carbocycles. The summed E-state index contributed by atoms with van der Waals surface area (Å²) in [5.41, 5.74) is 0.273. The van der Waals surface area contributed by atoms with Gasteiger partial charge in [0.05, 0.1) is 0 Å². The summed E-state index contributed by atoms with van der Waals surface area (Å²) in [7, 11) is 0. The summed E-state index contributed by atoms with van der Waals surface area (Å²) in [6.07, 6.45) is 3.28. The lowest BCUT2D eigenvalue weighted by molar-refractivity contribution is -0.118. The Kier molecular flexibility index (Phi) is 5.51. The van der Waals surface area contributed by atoms with E-state index in [1.807, 2.05) is 0 Å². The fourth-order valence-corrected chi connectivity index (χ4v) is 4.88. The third-order valence-corrected chi connectivity index (χ3v) is 6.01. The highest BCUT2D eigenvalue weighted by Gasteiger charge is 2.57. The van der Waals surface area contributed by atoms with Crippen molar-refractivity contribution in [3.8, 4) is 0 Å². The van der Waals surface area contributed by atoms with E-state index >= 15 is 0 Å². The van der Waals surface area contributed by atoms with Crippen molar-refractivity contribution in [1.82, 2.24) is 15.5 Å². The highest BCUT2D eigenvalue weighted by atomic mass is 35.5. The topological polar surface area (TPSA) is 66.9 Å². The number of piperidine rings is 1. The first kappa shape index (κ1) is 17.0. The molecule has 1 aromatic rings. The van der Waals surface area contributed by atoms with Crippen LogP contribution in [0.3, 0.4) is 0 Å². The number of hydrogen-bond donors (Lipinski definition) is 2. The summed E-state index contributed by atoms with van der Waals surface area (Å²) in [5.74, 6) is 0.304. The van der Waals surface area contributed by atoms with Gasteiger partial charge < -0.3 is 10.6 Å². The number of carbonyl (C=O) groups excluding carboxylic acids is 1. The summed E-state index contributed by atoms with van der Waals surface area (Å²) >= 11 is 3.14. The molecule has 5 nitrogen and oxygen atoms in total. The van der Waals surface area contributed by atoms with Crippen LogP contribution in [-0.2, 0) is 4.79 Å². The van der Waals surface area contributed by atoms with E-state index in [0.29, 0.717) is 10.4 Å². The molecule has 0 radical (unpaired) electrons. The molecule has 0 bridgehead atoms. The lowest BCUT2D eigenvalue weighted by atomic mass is 9.92. The first-order valence-corrected chi connectivity index (χ1v) is 8.80. The van der Waals surface area contributed by atoms with Gasteiger partial charge >= 0.3 is 0 Å². The predicted molar refractivity (Wildman–Crippen MR) is 89.4 cm³/mol. The minimum absolute atomic E-state index is 0. The molecule has 8 heteroatoms. The van der Waals surface area contributed by atoms with Crippen molar-refractivity contribution < 1.29 is 4.79 Å². The zero-order valence-electron chi connectivity index (χ0n) is 12.2. The zero-order valence-corrected chi connectivity index (χ0v) is 14.7. The SMILES string of the molecule is CC(C)Sc1nnc(NC(=O)C2CC23CCNCC3)s1.Cl. The minimum Gasteiger partial charge on any atom is -0.317 e. The van der Waals surface area contributed by atoms with E-state index in [2.05, 4.69) is 34.7 Å². The van der Waals surface area contributed by atoms with Gasteiger partial charge in [0.2, 0.25) is 11.0 Å². The second-order valence-electron chi connectivity index (χ2n) is 5.90. The fourth-order valence-electron chi connectivity index (χ4n) is 2.90. The molecule has 2 aliphatic rings. The summed E-state index contributed by atoms with van der Waals surface area (Å²) in [4.78, 5) is 12.3. The number of rotatable bonds is 4. The van der Waals surface area contributed by atoms with E-state index in [1.165, 1.54) is 11.3 Å². The average Bonchev–Trinajstić information content (AvgIpc) is 2.91. The zero-order chi connectivity index (χ0) is 14.2. The molecule has 0 aromatic carbocycles. The Hall–Kier alpha value is -0.370. The number of carbonyl (C=O) groups is 1. The van der Waals surface area contributed by atoms with Gasteiger partial charge in [-0.05, 0) is 37.8 Å². The van der Waals surface area contributed by atoms with Gasteiger partial charge in [0.25, 0.3) is 0 Å². The summed E-state index contributed by atoms with van der Waals surface area (Å²) < 4.78 is 0.919. The molecule has 1 aliphatic heterocycles. The first-order valence-electron chi connectivity index (χ1n) is 7.11. The summed E-state index contributed by atoms with van der Waals surface area (Å²) in [6.45, 7) is 6.32. The van der Waals surface area contributed by atoms with Crippen LogP contribution in [-0.4, -0.2) is 34.4 Å². The quantitative estimate of drug-likeness (QED) is 0.647. The Morgan fingerprint density at radius 2 is 2.14 bits per heavy atom. The number of nitrogens with zero attached hydrogens (tertiary/aromatic N) is 2. The number of anilines is 1. The number of nitrogens with one attached hydrogen (secondary N) is 2. The van der Waals surface area contributed by atoms with E-state index < -0.39 is 0 Å². The van der Waals surface area contributed by atoms with Gasteiger partial charge in [0, 0.05) is 11.2 Å². The lowest BCUT2D eigenvalue weighted by Crippen LogP contribution is -2.31. The smallest absolute Gasteiger partial charge is 0.229 e. The van der Waals surface area contributed by atoms with Gasteiger partial charge in [-0.3, -0.25) is 4.79 Å². The minimum atomic E-state index is 0. The summed E-state index contributed by atoms with van der Waals surface area (Å²) in [5, 5.41) is 15.6. The molecule has 1 spiro atoms. The van der Waals surface area contributed by atoms with Gasteiger partial charge in [-0.2, -0.15) is 0 Å². The Bertz CT molecular complexity index is 502. The molecule has 1 unspecified atom stereocenters. The second kappa shape index (κ2) is 6.81. The van der Waals surface area contributed by atoms with Crippen LogP contribution < -0.4 is 10.6 Å². The molecule has 3 rings (SSSR count). The highest BCUT2D eigenvalue weighted by Crippen LogP contribution is 2.58. The molecule has 2 heterocycles. The van der Waals surface area contributed by atoms with Crippen molar-refractivity contribution in [2.45, 2.75) is 42.7 Å². The van der Waals surface area contributed by atoms with Crippen LogP contribution in [0.4, 0.5) is 5.13 Å². The summed E-state index contributed by atoms with van der Waals surface area (Å²) in [6, 6.07) is 0. The number of halogens is 1.